The number of nitrogens with one attached hydrogen (secondary N) is 4. The first-order valence-electron chi connectivity index (χ1n) is 11.9. The molecular weight excluding hydrogens is 570 g/mol. The highest BCUT2D eigenvalue weighted by molar-refractivity contribution is 8.76. The van der Waals surface area contributed by atoms with Crippen LogP contribution in [0.2, 0.25) is 0 Å². The zero-order valence-electron chi connectivity index (χ0n) is 22.0. The van der Waals surface area contributed by atoms with Crippen LogP contribution in [0.15, 0.2) is 4.99 Å². The van der Waals surface area contributed by atoms with E-state index < -0.39 is 78.5 Å². The first-order valence-corrected chi connectivity index (χ1v) is 14.4. The Bertz CT molecular complexity index is 1010. The molecule has 1 saturated heterocycles. The Hall–Kier alpha value is -3.74. The Morgan fingerprint density at radius 1 is 1.07 bits per heavy atom. The lowest BCUT2D eigenvalue weighted by Crippen LogP contribution is -2.57. The van der Waals surface area contributed by atoms with Crippen molar-refractivity contribution in [2.75, 3.05) is 31.6 Å². The molecule has 11 N–H and O–H groups in total. The second-order valence-corrected chi connectivity index (χ2v) is 11.2. The van der Waals surface area contributed by atoms with Gasteiger partial charge in [-0.25, -0.2) is 0 Å². The number of carboxylic acid groups (broad SMARTS) is 1. The van der Waals surface area contributed by atoms with E-state index >= 15 is 0 Å². The average molecular weight is 606 g/mol. The van der Waals surface area contributed by atoms with Crippen LogP contribution in [0, 0.1) is 0 Å². The van der Waals surface area contributed by atoms with E-state index in [0.717, 1.165) is 26.5 Å². The summed E-state index contributed by atoms with van der Waals surface area (Å²) in [5.74, 6) is -6.20. The maximum atomic E-state index is 13.3. The van der Waals surface area contributed by atoms with Crippen LogP contribution >= 0.6 is 21.6 Å². The van der Waals surface area contributed by atoms with Gasteiger partial charge in [-0.05, 0) is 12.8 Å². The van der Waals surface area contributed by atoms with E-state index in [2.05, 4.69) is 26.3 Å². The maximum Gasteiger partial charge on any atom is 0.305 e. The molecule has 0 radical (unpaired) electrons. The van der Waals surface area contributed by atoms with Crippen molar-refractivity contribution in [3.63, 3.8) is 0 Å². The molecule has 40 heavy (non-hydrogen) atoms. The number of nitrogens with zero attached hydrogens (tertiary/aromatic N) is 2. The van der Waals surface area contributed by atoms with E-state index in [1.807, 2.05) is 0 Å². The molecule has 0 spiro atoms. The van der Waals surface area contributed by atoms with E-state index in [-0.39, 0.29) is 36.9 Å². The van der Waals surface area contributed by atoms with Crippen molar-refractivity contribution >= 4 is 69.0 Å². The Balaban J connectivity index is 3.31. The number of rotatable bonds is 8. The van der Waals surface area contributed by atoms with E-state index in [1.54, 1.807) is 0 Å². The highest BCUT2D eigenvalue weighted by atomic mass is 33.1. The predicted molar refractivity (Wildman–Crippen MR) is 147 cm³/mol. The lowest BCUT2D eigenvalue weighted by molar-refractivity contribution is -0.142. The van der Waals surface area contributed by atoms with Crippen molar-refractivity contribution < 1.29 is 38.7 Å². The molecule has 1 aliphatic rings. The van der Waals surface area contributed by atoms with Crippen LogP contribution in [-0.2, 0) is 33.6 Å². The van der Waals surface area contributed by atoms with Gasteiger partial charge in [-0.3, -0.25) is 38.6 Å². The summed E-state index contributed by atoms with van der Waals surface area (Å²) >= 11 is 0. The molecule has 17 nitrogen and oxygen atoms in total. The molecule has 1 aliphatic heterocycles. The summed E-state index contributed by atoms with van der Waals surface area (Å²) in [5.41, 5.74) is 16.0. The molecule has 0 aromatic heterocycles. The van der Waals surface area contributed by atoms with Crippen LogP contribution in [0.3, 0.4) is 0 Å². The number of carbonyl (C=O) groups is 7. The molecule has 1 heterocycles. The average Bonchev–Trinajstić information content (AvgIpc) is 2.85. The molecule has 0 aromatic carbocycles. The highest BCUT2D eigenvalue weighted by Gasteiger charge is 2.33. The number of primary amides is 1. The lowest BCUT2D eigenvalue weighted by Gasteiger charge is -2.30. The molecule has 6 amide bonds. The molecule has 0 aromatic rings. The van der Waals surface area contributed by atoms with E-state index in [0.29, 0.717) is 0 Å². The number of hydrogen-bond donors (Lipinski definition) is 8. The minimum absolute atomic E-state index is 0.0247. The number of carbonyl (C=O) groups excluding carboxylic acids is 6. The second kappa shape index (κ2) is 17.1. The van der Waals surface area contributed by atoms with Gasteiger partial charge in [0.1, 0.15) is 24.2 Å². The van der Waals surface area contributed by atoms with Crippen LogP contribution < -0.4 is 38.5 Å². The summed E-state index contributed by atoms with van der Waals surface area (Å²) in [7, 11) is 3.52. The number of nitrogens with two attached hydrogens (primary N) is 3. The number of aliphatic imine (C=N–C) groups is 1. The molecule has 0 bridgehead atoms. The fraction of sp³-hybridized carbons (Fsp3) is 0.619. The fourth-order valence-electron chi connectivity index (χ4n) is 3.43. The van der Waals surface area contributed by atoms with Crippen LogP contribution in [0.1, 0.15) is 26.2 Å². The number of aliphatic carboxylic acids is 1. The van der Waals surface area contributed by atoms with Crippen molar-refractivity contribution in [2.45, 2.75) is 50.4 Å². The van der Waals surface area contributed by atoms with Crippen LogP contribution in [0.25, 0.3) is 0 Å². The third-order valence-electron chi connectivity index (χ3n) is 5.39. The van der Waals surface area contributed by atoms with Gasteiger partial charge in [0, 0.05) is 32.0 Å². The number of guanidine groups is 1. The number of amides is 6. The normalized spacial score (nSPS) is 23.6. The summed E-state index contributed by atoms with van der Waals surface area (Å²) in [6.07, 6.45) is -0.433. The summed E-state index contributed by atoms with van der Waals surface area (Å²) in [6.45, 7) is 0.718. The van der Waals surface area contributed by atoms with Crippen molar-refractivity contribution in [3.8, 4) is 0 Å². The molecule has 0 unspecified atom stereocenters. The summed E-state index contributed by atoms with van der Waals surface area (Å²) in [6, 6.07) is -4.97. The molecule has 1 rings (SSSR count). The van der Waals surface area contributed by atoms with Crippen molar-refractivity contribution in [1.82, 2.24) is 26.2 Å². The van der Waals surface area contributed by atoms with Crippen LogP contribution in [0.4, 0.5) is 0 Å². The molecule has 0 saturated carbocycles. The third kappa shape index (κ3) is 12.4. The SMILES string of the molecule is CC(=O)N[C@H]1CSSC[C@@H](C(N)=O)NC(=O)[C@H](CC(=O)O)NC(=O)CNC(=O)[C@H](CCCN=C(N)N)N(C)C1=O. The van der Waals surface area contributed by atoms with Gasteiger partial charge < -0.3 is 48.5 Å². The van der Waals surface area contributed by atoms with Crippen molar-refractivity contribution in [1.29, 1.82) is 0 Å². The standard InChI is InChI=1S/C21H35N9O8S2/c1-10(31)27-13-9-40-39-8-12(17(22)35)29-18(36)11(6-16(33)34)28-15(32)7-26-19(37)14(30(2)20(13)38)4-3-5-25-21(23)24/h11-14H,3-9H2,1-2H3,(H2,22,35)(H,26,37)(H,27,31)(H,28,32)(H,29,36)(H,33,34)(H4,23,24,25)/t11-,12-,13-,14-/m0/s1. The van der Waals surface area contributed by atoms with Gasteiger partial charge in [-0.2, -0.15) is 0 Å². The van der Waals surface area contributed by atoms with Gasteiger partial charge in [-0.15, -0.1) is 0 Å². The first-order chi connectivity index (χ1) is 18.7. The van der Waals surface area contributed by atoms with Gasteiger partial charge in [-0.1, -0.05) is 21.6 Å². The largest absolute Gasteiger partial charge is 0.481 e. The number of carboxylic acids is 1. The number of likely N-dealkylation sites (N-methyl/N-ethyl adjacent to an activating group) is 1. The molecule has 1 fully saturated rings. The number of hydrogen-bond acceptors (Lipinski definition) is 10. The maximum absolute atomic E-state index is 13.3. The van der Waals surface area contributed by atoms with Gasteiger partial charge in [0.25, 0.3) is 0 Å². The van der Waals surface area contributed by atoms with Crippen molar-refractivity contribution in [2.24, 2.45) is 22.2 Å². The smallest absolute Gasteiger partial charge is 0.305 e. The fourth-order valence-corrected chi connectivity index (χ4v) is 5.76. The Morgan fingerprint density at radius 3 is 2.30 bits per heavy atom. The summed E-state index contributed by atoms with van der Waals surface area (Å²) < 4.78 is 0. The minimum atomic E-state index is -1.57. The van der Waals surface area contributed by atoms with Crippen LogP contribution in [0.5, 0.6) is 0 Å². The molecule has 4 atom stereocenters. The minimum Gasteiger partial charge on any atom is -0.481 e. The highest BCUT2D eigenvalue weighted by Crippen LogP contribution is 2.24. The quantitative estimate of drug-likeness (QED) is 0.0566. The Labute approximate surface area is 237 Å². The zero-order chi connectivity index (χ0) is 30.4. The Morgan fingerprint density at radius 2 is 1.73 bits per heavy atom. The third-order valence-corrected chi connectivity index (χ3v) is 7.81. The topological polar surface area (TPSA) is 282 Å². The van der Waals surface area contributed by atoms with Gasteiger partial charge in [0.15, 0.2) is 5.96 Å². The van der Waals surface area contributed by atoms with Gasteiger partial charge in [0.05, 0.1) is 13.0 Å². The van der Waals surface area contributed by atoms with Crippen LogP contribution in [-0.4, -0.2) is 113 Å². The Kier molecular flexibility index (Phi) is 14.6. The van der Waals surface area contributed by atoms with E-state index in [9.17, 15) is 38.7 Å². The van der Waals surface area contributed by atoms with Crippen molar-refractivity contribution in [3.05, 3.63) is 0 Å². The first kappa shape index (κ1) is 34.3. The molecule has 19 heteroatoms. The zero-order valence-corrected chi connectivity index (χ0v) is 23.6. The van der Waals surface area contributed by atoms with Gasteiger partial charge >= 0.3 is 5.97 Å². The summed E-state index contributed by atoms with van der Waals surface area (Å²) in [5, 5.41) is 18.6. The predicted octanol–water partition coefficient (Wildman–Crippen LogP) is -4.19. The van der Waals surface area contributed by atoms with E-state index in [1.165, 1.54) is 14.0 Å². The summed E-state index contributed by atoms with van der Waals surface area (Å²) in [4.78, 5) is 91.6. The monoisotopic (exact) mass is 605 g/mol. The van der Waals surface area contributed by atoms with E-state index in [4.69, 9.17) is 17.2 Å². The molecule has 224 valence electrons. The van der Waals surface area contributed by atoms with Gasteiger partial charge in [0.2, 0.25) is 35.4 Å². The second-order valence-electron chi connectivity index (χ2n) is 8.64. The molecular formula is C21H35N9O8S2. The molecule has 0 aliphatic carbocycles. The lowest BCUT2D eigenvalue weighted by atomic mass is 10.1.